The zero-order valence-corrected chi connectivity index (χ0v) is 23.3. The van der Waals surface area contributed by atoms with Crippen LogP contribution in [0.5, 0.6) is 11.5 Å². The largest absolute Gasteiger partial charge is 0.493 e. The van der Waals surface area contributed by atoms with E-state index in [0.29, 0.717) is 36.9 Å². The summed E-state index contributed by atoms with van der Waals surface area (Å²) in [6, 6.07) is 15.9. The molecule has 1 saturated heterocycles. The summed E-state index contributed by atoms with van der Waals surface area (Å²) in [5, 5.41) is 3.63. The minimum atomic E-state index is -0.333. The summed E-state index contributed by atoms with van der Waals surface area (Å²) in [5.74, 6) is -0.0344. The number of halogens is 2. The molecule has 0 spiro atoms. The number of methoxy groups -OCH3 is 1. The lowest BCUT2D eigenvalue weighted by Gasteiger charge is -2.15. The number of hydrogen-bond donors (Lipinski definition) is 1. The van der Waals surface area contributed by atoms with Gasteiger partial charge in [0, 0.05) is 10.7 Å². The van der Waals surface area contributed by atoms with Gasteiger partial charge in [0.05, 0.1) is 22.7 Å². The second-order valence-corrected chi connectivity index (χ2v) is 10.7. The average Bonchev–Trinajstić information content (AvgIpc) is 3.13. The summed E-state index contributed by atoms with van der Waals surface area (Å²) in [6.45, 7) is 3.65. The number of thioether (sulfide) groups is 1. The quantitative estimate of drug-likeness (QED) is 0.242. The number of rotatable bonds is 7. The number of nitrogens with one attached hydrogen (secondary N) is 1. The molecule has 2 amide bonds. The summed E-state index contributed by atoms with van der Waals surface area (Å²) in [4.78, 5) is 27.4. The lowest BCUT2D eigenvalue weighted by Crippen LogP contribution is -2.27. The molecule has 4 rings (SSSR count). The van der Waals surface area contributed by atoms with Gasteiger partial charge < -0.3 is 14.8 Å². The highest BCUT2D eigenvalue weighted by Crippen LogP contribution is 2.40. The van der Waals surface area contributed by atoms with Crippen LogP contribution in [0.1, 0.15) is 16.7 Å². The first-order chi connectivity index (χ1) is 17.7. The van der Waals surface area contributed by atoms with Gasteiger partial charge in [-0.3, -0.25) is 14.5 Å². The molecule has 0 unspecified atom stereocenters. The van der Waals surface area contributed by atoms with E-state index in [1.165, 1.54) is 23.8 Å². The molecule has 3 aromatic carbocycles. The second kappa shape index (κ2) is 11.6. The van der Waals surface area contributed by atoms with Crippen molar-refractivity contribution in [3.63, 3.8) is 0 Å². The Morgan fingerprint density at radius 1 is 1.11 bits per heavy atom. The summed E-state index contributed by atoms with van der Waals surface area (Å²) in [7, 11) is 1.47. The first-order valence-corrected chi connectivity index (χ1v) is 13.1. The topological polar surface area (TPSA) is 67.9 Å². The zero-order valence-electron chi connectivity index (χ0n) is 20.1. The Bertz CT molecular complexity index is 1420. The van der Waals surface area contributed by atoms with Crippen LogP contribution in [-0.4, -0.2) is 29.9 Å². The van der Waals surface area contributed by atoms with E-state index in [0.717, 1.165) is 11.1 Å². The third-order valence-electron chi connectivity index (χ3n) is 5.43. The molecule has 0 saturated carbocycles. The number of benzene rings is 3. The third kappa shape index (κ3) is 6.27. The van der Waals surface area contributed by atoms with Crippen LogP contribution in [0.2, 0.25) is 10.0 Å². The SMILES string of the molecule is COc1cc(/C=C2\SC(=S)N(c3ccc(Cl)cc3)C2=O)cc(Cl)c1OCC(=O)Nc1ccc(C)cc1C. The molecular formula is C27H22Cl2N2O4S2. The summed E-state index contributed by atoms with van der Waals surface area (Å²) in [6.07, 6.45) is 1.68. The Balaban J connectivity index is 1.49. The van der Waals surface area contributed by atoms with Crippen LogP contribution in [0.4, 0.5) is 11.4 Å². The molecular weight excluding hydrogens is 551 g/mol. The number of carbonyl (C=O) groups excluding carboxylic acids is 2. The normalized spacial score (nSPS) is 14.3. The highest BCUT2D eigenvalue weighted by Gasteiger charge is 2.33. The van der Waals surface area contributed by atoms with E-state index in [1.807, 2.05) is 32.0 Å². The van der Waals surface area contributed by atoms with Gasteiger partial charge in [-0.2, -0.15) is 0 Å². The molecule has 0 bridgehead atoms. The van der Waals surface area contributed by atoms with Crippen LogP contribution in [0.3, 0.4) is 0 Å². The first kappa shape index (κ1) is 27.0. The fourth-order valence-electron chi connectivity index (χ4n) is 3.67. The Labute approximate surface area is 234 Å². The molecule has 1 fully saturated rings. The van der Waals surface area contributed by atoms with Gasteiger partial charge in [0.25, 0.3) is 11.8 Å². The predicted octanol–water partition coefficient (Wildman–Crippen LogP) is 7.04. The van der Waals surface area contributed by atoms with Crippen molar-refractivity contribution in [2.75, 3.05) is 23.9 Å². The van der Waals surface area contributed by atoms with E-state index < -0.39 is 0 Å². The molecule has 0 aromatic heterocycles. The van der Waals surface area contributed by atoms with Crippen molar-refractivity contribution in [1.82, 2.24) is 0 Å². The zero-order chi connectivity index (χ0) is 26.7. The Morgan fingerprint density at radius 3 is 2.51 bits per heavy atom. The van der Waals surface area contributed by atoms with Gasteiger partial charge in [-0.1, -0.05) is 64.9 Å². The summed E-state index contributed by atoms with van der Waals surface area (Å²) < 4.78 is 11.6. The highest BCUT2D eigenvalue weighted by molar-refractivity contribution is 8.27. The Hall–Kier alpha value is -3.04. The van der Waals surface area contributed by atoms with E-state index in [2.05, 4.69) is 5.32 Å². The lowest BCUT2D eigenvalue weighted by atomic mass is 10.1. The fourth-order valence-corrected chi connectivity index (χ4v) is 5.37. The number of carbonyl (C=O) groups is 2. The van der Waals surface area contributed by atoms with Crippen LogP contribution in [-0.2, 0) is 9.59 Å². The maximum Gasteiger partial charge on any atom is 0.270 e. The van der Waals surface area contributed by atoms with Crippen molar-refractivity contribution in [3.8, 4) is 11.5 Å². The monoisotopic (exact) mass is 572 g/mol. The second-order valence-electron chi connectivity index (χ2n) is 8.18. The maximum absolute atomic E-state index is 13.1. The van der Waals surface area contributed by atoms with Crippen LogP contribution < -0.4 is 19.7 Å². The number of thiocarbonyl (C=S) groups is 1. The molecule has 3 aromatic rings. The number of aryl methyl sites for hydroxylation is 2. The number of nitrogens with zero attached hydrogens (tertiary/aromatic N) is 1. The van der Waals surface area contributed by atoms with Crippen LogP contribution in [0.15, 0.2) is 59.5 Å². The number of anilines is 2. The van der Waals surface area contributed by atoms with Gasteiger partial charge in [-0.25, -0.2) is 0 Å². The summed E-state index contributed by atoms with van der Waals surface area (Å²) >= 11 is 19.1. The molecule has 37 heavy (non-hydrogen) atoms. The van der Waals surface area contributed by atoms with E-state index in [9.17, 15) is 9.59 Å². The third-order valence-corrected chi connectivity index (χ3v) is 7.27. The van der Waals surface area contributed by atoms with E-state index in [1.54, 1.807) is 42.5 Å². The van der Waals surface area contributed by atoms with Crippen molar-refractivity contribution in [2.45, 2.75) is 13.8 Å². The summed E-state index contributed by atoms with van der Waals surface area (Å²) in [5.41, 5.74) is 4.02. The average molecular weight is 574 g/mol. The molecule has 0 radical (unpaired) electrons. The van der Waals surface area contributed by atoms with Crippen LogP contribution >= 0.6 is 47.2 Å². The van der Waals surface area contributed by atoms with Crippen molar-refractivity contribution in [3.05, 3.63) is 86.2 Å². The van der Waals surface area contributed by atoms with Crippen molar-refractivity contribution < 1.29 is 19.1 Å². The molecule has 6 nitrogen and oxygen atoms in total. The predicted molar refractivity (Wildman–Crippen MR) is 155 cm³/mol. The minimum absolute atomic E-state index is 0.228. The molecule has 1 aliphatic heterocycles. The highest BCUT2D eigenvalue weighted by atomic mass is 35.5. The molecule has 190 valence electrons. The van der Waals surface area contributed by atoms with Crippen molar-refractivity contribution >= 4 is 80.8 Å². The number of ether oxygens (including phenoxy) is 2. The smallest absolute Gasteiger partial charge is 0.270 e. The minimum Gasteiger partial charge on any atom is -0.493 e. The van der Waals surface area contributed by atoms with E-state index in [4.69, 9.17) is 44.9 Å². The van der Waals surface area contributed by atoms with Gasteiger partial charge in [-0.15, -0.1) is 0 Å². The first-order valence-electron chi connectivity index (χ1n) is 11.1. The van der Waals surface area contributed by atoms with Crippen LogP contribution in [0.25, 0.3) is 6.08 Å². The van der Waals surface area contributed by atoms with Gasteiger partial charge in [0.2, 0.25) is 0 Å². The number of amides is 2. The van der Waals surface area contributed by atoms with Gasteiger partial charge in [0.1, 0.15) is 0 Å². The van der Waals surface area contributed by atoms with Gasteiger partial charge in [0.15, 0.2) is 22.4 Å². The van der Waals surface area contributed by atoms with Gasteiger partial charge >= 0.3 is 0 Å². The molecule has 1 aliphatic rings. The van der Waals surface area contributed by atoms with Crippen molar-refractivity contribution in [1.29, 1.82) is 0 Å². The Morgan fingerprint density at radius 2 is 1.84 bits per heavy atom. The van der Waals surface area contributed by atoms with Gasteiger partial charge in [-0.05, 0) is 73.5 Å². The maximum atomic E-state index is 13.1. The standard InChI is InChI=1S/C27H22Cl2N2O4S2/c1-15-4-9-21(16(2)10-15)30-24(32)14-35-25-20(29)11-17(12-22(25)34-3)13-23-26(33)31(27(36)37-23)19-7-5-18(28)6-8-19/h4-13H,14H2,1-3H3,(H,30,32)/b23-13-. The molecule has 0 atom stereocenters. The van der Waals surface area contributed by atoms with Crippen LogP contribution in [0, 0.1) is 13.8 Å². The van der Waals surface area contributed by atoms with Crippen molar-refractivity contribution in [2.24, 2.45) is 0 Å². The lowest BCUT2D eigenvalue weighted by molar-refractivity contribution is -0.118. The van der Waals surface area contributed by atoms with E-state index in [-0.39, 0.29) is 29.2 Å². The fraction of sp³-hybridized carbons (Fsp3) is 0.148. The number of hydrogen-bond acceptors (Lipinski definition) is 6. The molecule has 10 heteroatoms. The molecule has 1 heterocycles. The van der Waals surface area contributed by atoms with E-state index >= 15 is 0 Å². The molecule has 1 N–H and O–H groups in total. The molecule has 0 aliphatic carbocycles. The Kier molecular flexibility index (Phi) is 8.44.